The molecule has 1 unspecified atom stereocenters. The molecular formula is C14H20N2O2S. The van der Waals surface area contributed by atoms with E-state index in [9.17, 15) is 4.79 Å². The second-order valence-electron chi connectivity index (χ2n) is 4.94. The number of carbonyl (C=O) groups is 1. The van der Waals surface area contributed by atoms with Crippen molar-refractivity contribution in [2.24, 2.45) is 11.8 Å². The van der Waals surface area contributed by atoms with Crippen LogP contribution in [0.1, 0.15) is 25.3 Å². The molecule has 0 bridgehead atoms. The summed E-state index contributed by atoms with van der Waals surface area (Å²) in [7, 11) is 0. The summed E-state index contributed by atoms with van der Waals surface area (Å²) in [6.07, 6.45) is 4.05. The van der Waals surface area contributed by atoms with Gasteiger partial charge >= 0.3 is 0 Å². The van der Waals surface area contributed by atoms with Gasteiger partial charge in [0.1, 0.15) is 5.82 Å². The van der Waals surface area contributed by atoms with Gasteiger partial charge in [-0.3, -0.25) is 4.79 Å². The van der Waals surface area contributed by atoms with Crippen LogP contribution in [0.2, 0.25) is 0 Å². The largest absolute Gasteiger partial charge is 0.396 e. The van der Waals surface area contributed by atoms with Gasteiger partial charge in [-0.05, 0) is 36.5 Å². The average molecular weight is 280 g/mol. The highest BCUT2D eigenvalue weighted by atomic mass is 32.2. The Kier molecular flexibility index (Phi) is 5.22. The van der Waals surface area contributed by atoms with Gasteiger partial charge < -0.3 is 10.4 Å². The van der Waals surface area contributed by atoms with Gasteiger partial charge in [0.05, 0.1) is 6.61 Å². The number of anilines is 1. The maximum Gasteiger partial charge on any atom is 0.228 e. The van der Waals surface area contributed by atoms with Crippen LogP contribution in [-0.4, -0.2) is 28.4 Å². The number of rotatable bonds is 7. The first-order chi connectivity index (χ1) is 9.20. The number of hydrogen-bond donors (Lipinski definition) is 2. The number of aliphatic hydroxyl groups is 1. The molecule has 1 aliphatic rings. The van der Waals surface area contributed by atoms with Crippen LogP contribution in [0.5, 0.6) is 0 Å². The molecule has 1 aliphatic carbocycles. The first-order valence-corrected chi connectivity index (χ1v) is 7.80. The molecule has 1 fully saturated rings. The Hall–Kier alpha value is -1.07. The summed E-state index contributed by atoms with van der Waals surface area (Å²) in [6, 6.07) is 3.84. The van der Waals surface area contributed by atoms with Crippen LogP contribution in [0, 0.1) is 11.8 Å². The monoisotopic (exact) mass is 280 g/mol. The predicted octanol–water partition coefficient (Wildman–Crippen LogP) is 2.29. The van der Waals surface area contributed by atoms with Gasteiger partial charge in [0, 0.05) is 23.6 Å². The van der Waals surface area contributed by atoms with Gasteiger partial charge in [0.25, 0.3) is 0 Å². The number of carbonyl (C=O) groups excluding carboxylic acids is 1. The fourth-order valence-electron chi connectivity index (χ4n) is 1.94. The summed E-state index contributed by atoms with van der Waals surface area (Å²) < 4.78 is 0. The molecule has 1 heterocycles. The summed E-state index contributed by atoms with van der Waals surface area (Å²) in [4.78, 5) is 16.2. The lowest BCUT2D eigenvalue weighted by Gasteiger charge is -2.11. The van der Waals surface area contributed by atoms with Gasteiger partial charge in [-0.25, -0.2) is 4.98 Å². The lowest BCUT2D eigenvalue weighted by atomic mass is 10.1. The molecule has 4 nitrogen and oxygen atoms in total. The summed E-state index contributed by atoms with van der Waals surface area (Å²) in [5.74, 6) is 2.87. The van der Waals surface area contributed by atoms with E-state index in [1.807, 2.05) is 19.1 Å². The molecule has 19 heavy (non-hydrogen) atoms. The Labute approximate surface area is 118 Å². The van der Waals surface area contributed by atoms with Crippen molar-refractivity contribution in [3.63, 3.8) is 0 Å². The van der Waals surface area contributed by atoms with Crippen molar-refractivity contribution >= 4 is 23.5 Å². The number of aliphatic hydroxyl groups excluding tert-OH is 1. The number of nitrogens with zero attached hydrogens (tertiary/aromatic N) is 1. The second-order valence-corrected chi connectivity index (χ2v) is 6.05. The Morgan fingerprint density at radius 2 is 2.42 bits per heavy atom. The minimum Gasteiger partial charge on any atom is -0.396 e. The molecule has 2 rings (SSSR count). The molecule has 0 radical (unpaired) electrons. The maximum atomic E-state index is 12.0. The fourth-order valence-corrected chi connectivity index (χ4v) is 2.63. The number of aromatic nitrogens is 1. The highest BCUT2D eigenvalue weighted by Crippen LogP contribution is 2.36. The van der Waals surface area contributed by atoms with E-state index in [0.29, 0.717) is 11.7 Å². The minimum atomic E-state index is 0.0650. The van der Waals surface area contributed by atoms with E-state index in [1.165, 1.54) is 12.8 Å². The highest BCUT2D eigenvalue weighted by molar-refractivity contribution is 7.98. The van der Waals surface area contributed by atoms with Crippen molar-refractivity contribution in [3.05, 3.63) is 23.9 Å². The fraction of sp³-hybridized carbons (Fsp3) is 0.571. The molecular weight excluding hydrogens is 260 g/mol. The van der Waals surface area contributed by atoms with E-state index < -0.39 is 0 Å². The third-order valence-corrected chi connectivity index (χ3v) is 4.33. The van der Waals surface area contributed by atoms with Crippen molar-refractivity contribution in [2.75, 3.05) is 17.7 Å². The first-order valence-electron chi connectivity index (χ1n) is 6.65. The van der Waals surface area contributed by atoms with Crippen LogP contribution in [0.4, 0.5) is 5.82 Å². The van der Waals surface area contributed by atoms with E-state index in [-0.39, 0.29) is 18.4 Å². The minimum absolute atomic E-state index is 0.0650. The van der Waals surface area contributed by atoms with E-state index >= 15 is 0 Å². The number of nitrogens with one attached hydrogen (secondary N) is 1. The van der Waals surface area contributed by atoms with E-state index in [2.05, 4.69) is 10.3 Å². The van der Waals surface area contributed by atoms with Crippen molar-refractivity contribution in [1.82, 2.24) is 4.98 Å². The SMILES string of the molecule is CC(C(=O)Nc1cc(CSCCO)ccn1)C1CC1. The smallest absolute Gasteiger partial charge is 0.228 e. The van der Waals surface area contributed by atoms with Gasteiger partial charge in [0.2, 0.25) is 5.91 Å². The van der Waals surface area contributed by atoms with Crippen molar-refractivity contribution < 1.29 is 9.90 Å². The molecule has 2 N–H and O–H groups in total. The van der Waals surface area contributed by atoms with Gasteiger partial charge in [0.15, 0.2) is 0 Å². The van der Waals surface area contributed by atoms with Crippen molar-refractivity contribution in [2.45, 2.75) is 25.5 Å². The number of pyridine rings is 1. The normalized spacial score (nSPS) is 16.1. The highest BCUT2D eigenvalue weighted by Gasteiger charge is 2.32. The maximum absolute atomic E-state index is 12.0. The summed E-state index contributed by atoms with van der Waals surface area (Å²) in [6.45, 7) is 2.17. The van der Waals surface area contributed by atoms with Gasteiger partial charge in [-0.1, -0.05) is 6.92 Å². The Balaban J connectivity index is 1.88. The molecule has 0 spiro atoms. The zero-order valence-electron chi connectivity index (χ0n) is 11.1. The third-order valence-electron chi connectivity index (χ3n) is 3.32. The standard InChI is InChI=1S/C14H20N2O2S/c1-10(12-2-3-12)14(18)16-13-8-11(4-5-15-13)9-19-7-6-17/h4-5,8,10,12,17H,2-3,6-7,9H2,1H3,(H,15,16,18). The molecule has 1 atom stereocenters. The van der Waals surface area contributed by atoms with Crippen LogP contribution in [0.25, 0.3) is 0 Å². The van der Waals surface area contributed by atoms with E-state index in [4.69, 9.17) is 5.11 Å². The molecule has 1 aromatic rings. The van der Waals surface area contributed by atoms with Gasteiger partial charge in [-0.2, -0.15) is 11.8 Å². The molecule has 1 amide bonds. The molecule has 1 saturated carbocycles. The van der Waals surface area contributed by atoms with Crippen LogP contribution in [0.3, 0.4) is 0 Å². The first kappa shape index (κ1) is 14.3. The lowest BCUT2D eigenvalue weighted by Crippen LogP contribution is -2.22. The summed E-state index contributed by atoms with van der Waals surface area (Å²) in [5.41, 5.74) is 1.11. The van der Waals surface area contributed by atoms with Crippen LogP contribution >= 0.6 is 11.8 Å². The van der Waals surface area contributed by atoms with E-state index in [0.717, 1.165) is 17.1 Å². The zero-order valence-corrected chi connectivity index (χ0v) is 11.9. The zero-order chi connectivity index (χ0) is 13.7. The average Bonchev–Trinajstić information content (AvgIpc) is 3.23. The number of hydrogen-bond acceptors (Lipinski definition) is 4. The van der Waals surface area contributed by atoms with Crippen LogP contribution < -0.4 is 5.32 Å². The third kappa shape index (κ3) is 4.51. The Morgan fingerprint density at radius 3 is 3.11 bits per heavy atom. The van der Waals surface area contributed by atoms with Gasteiger partial charge in [-0.15, -0.1) is 0 Å². The summed E-state index contributed by atoms with van der Waals surface area (Å²) in [5, 5.41) is 11.6. The quantitative estimate of drug-likeness (QED) is 0.752. The number of amides is 1. The molecule has 0 aliphatic heterocycles. The Bertz CT molecular complexity index is 435. The Morgan fingerprint density at radius 1 is 1.63 bits per heavy atom. The van der Waals surface area contributed by atoms with Crippen LogP contribution in [-0.2, 0) is 10.5 Å². The molecule has 5 heteroatoms. The molecule has 104 valence electrons. The van der Waals surface area contributed by atoms with E-state index in [1.54, 1.807) is 18.0 Å². The second kappa shape index (κ2) is 6.91. The molecule has 1 aromatic heterocycles. The summed E-state index contributed by atoms with van der Waals surface area (Å²) >= 11 is 1.66. The molecule has 0 aromatic carbocycles. The predicted molar refractivity (Wildman–Crippen MR) is 78.0 cm³/mol. The van der Waals surface area contributed by atoms with Crippen molar-refractivity contribution in [3.8, 4) is 0 Å². The topological polar surface area (TPSA) is 62.2 Å². The lowest BCUT2D eigenvalue weighted by molar-refractivity contribution is -0.119. The molecule has 0 saturated heterocycles. The number of thioether (sulfide) groups is 1. The van der Waals surface area contributed by atoms with Crippen LogP contribution in [0.15, 0.2) is 18.3 Å². The van der Waals surface area contributed by atoms with Crippen molar-refractivity contribution in [1.29, 1.82) is 0 Å².